The van der Waals surface area contributed by atoms with E-state index in [0.29, 0.717) is 25.4 Å². The van der Waals surface area contributed by atoms with Crippen LogP contribution in [0.5, 0.6) is 0 Å². The summed E-state index contributed by atoms with van der Waals surface area (Å²) in [6, 6.07) is 0. The summed E-state index contributed by atoms with van der Waals surface area (Å²) in [6.07, 6.45) is 1.75. The van der Waals surface area contributed by atoms with E-state index in [0.717, 1.165) is 12.8 Å². The number of carbonyl (C=O) groups is 1. The number of hydrogen-bond acceptors (Lipinski definition) is 5. The van der Waals surface area contributed by atoms with Gasteiger partial charge in [0.1, 0.15) is 4.90 Å². The summed E-state index contributed by atoms with van der Waals surface area (Å²) < 4.78 is 28.6. The molecule has 0 spiro atoms. The van der Waals surface area contributed by atoms with Gasteiger partial charge in [0.05, 0.1) is 12.3 Å². The van der Waals surface area contributed by atoms with Crippen molar-refractivity contribution in [3.63, 3.8) is 0 Å². The standard InChI is InChI=1S/C12H20N4O4S/c1-3-16(6-7-20-2)12(17)10-11(21(13,18)19)9(14-15-10)8-4-5-8/h8H,3-7H2,1-2H3,(H,14,15)(H2,13,18,19). The Morgan fingerprint density at radius 2 is 2.19 bits per heavy atom. The SMILES string of the molecule is CCN(CCOC)C(=O)c1n[nH]c(C2CC2)c1S(N)(=O)=O. The van der Waals surface area contributed by atoms with Crippen molar-refractivity contribution in [1.82, 2.24) is 15.1 Å². The van der Waals surface area contributed by atoms with Gasteiger partial charge in [-0.3, -0.25) is 9.89 Å². The summed E-state index contributed by atoms with van der Waals surface area (Å²) in [5.74, 6) is -0.358. The predicted octanol–water partition coefficient (Wildman–Crippen LogP) is 0.0430. The van der Waals surface area contributed by atoms with E-state index < -0.39 is 15.9 Å². The highest BCUT2D eigenvalue weighted by Crippen LogP contribution is 2.42. The lowest BCUT2D eigenvalue weighted by molar-refractivity contribution is 0.0697. The van der Waals surface area contributed by atoms with Gasteiger partial charge in [0.25, 0.3) is 5.91 Å². The first-order valence-corrected chi connectivity index (χ1v) is 8.34. The molecule has 1 aromatic heterocycles. The van der Waals surface area contributed by atoms with Crippen molar-refractivity contribution in [2.45, 2.75) is 30.6 Å². The van der Waals surface area contributed by atoms with Gasteiger partial charge in [0, 0.05) is 26.1 Å². The van der Waals surface area contributed by atoms with Gasteiger partial charge in [0.2, 0.25) is 10.0 Å². The third-order valence-corrected chi connectivity index (χ3v) is 4.44. The van der Waals surface area contributed by atoms with E-state index in [-0.39, 0.29) is 16.5 Å². The third kappa shape index (κ3) is 3.42. The molecule has 1 fully saturated rings. The smallest absolute Gasteiger partial charge is 0.275 e. The lowest BCUT2D eigenvalue weighted by Gasteiger charge is -2.19. The highest BCUT2D eigenvalue weighted by atomic mass is 32.2. The predicted molar refractivity (Wildman–Crippen MR) is 75.4 cm³/mol. The van der Waals surface area contributed by atoms with Gasteiger partial charge in [-0.05, 0) is 19.8 Å². The lowest BCUT2D eigenvalue weighted by Crippen LogP contribution is -2.35. The summed E-state index contributed by atoms with van der Waals surface area (Å²) in [4.78, 5) is 13.8. The molecule has 0 aromatic carbocycles. The number of sulfonamides is 1. The van der Waals surface area contributed by atoms with E-state index in [4.69, 9.17) is 9.88 Å². The lowest BCUT2D eigenvalue weighted by atomic mass is 10.2. The van der Waals surface area contributed by atoms with Crippen molar-refractivity contribution in [1.29, 1.82) is 0 Å². The van der Waals surface area contributed by atoms with Crippen LogP contribution in [0.25, 0.3) is 0 Å². The highest BCUT2D eigenvalue weighted by Gasteiger charge is 2.36. The minimum Gasteiger partial charge on any atom is -0.383 e. The van der Waals surface area contributed by atoms with E-state index in [1.54, 1.807) is 6.92 Å². The van der Waals surface area contributed by atoms with Gasteiger partial charge in [-0.25, -0.2) is 13.6 Å². The van der Waals surface area contributed by atoms with Crippen molar-refractivity contribution in [3.05, 3.63) is 11.4 Å². The molecule has 2 rings (SSSR count). The maximum atomic E-state index is 12.5. The summed E-state index contributed by atoms with van der Waals surface area (Å²) in [6.45, 7) is 2.96. The van der Waals surface area contributed by atoms with Gasteiger partial charge in [-0.2, -0.15) is 5.10 Å². The number of likely N-dealkylation sites (N-methyl/N-ethyl adjacent to an activating group) is 1. The molecule has 0 saturated heterocycles. The van der Waals surface area contributed by atoms with E-state index in [2.05, 4.69) is 10.2 Å². The number of methoxy groups -OCH3 is 1. The van der Waals surface area contributed by atoms with Crippen LogP contribution in [0.3, 0.4) is 0 Å². The van der Waals surface area contributed by atoms with E-state index in [9.17, 15) is 13.2 Å². The number of hydrogen-bond donors (Lipinski definition) is 2. The van der Waals surface area contributed by atoms with Gasteiger partial charge < -0.3 is 9.64 Å². The zero-order chi connectivity index (χ0) is 15.6. The molecule has 0 atom stereocenters. The highest BCUT2D eigenvalue weighted by molar-refractivity contribution is 7.89. The molecule has 0 radical (unpaired) electrons. The van der Waals surface area contributed by atoms with Crippen LogP contribution < -0.4 is 5.14 Å². The maximum Gasteiger partial charge on any atom is 0.275 e. The quantitative estimate of drug-likeness (QED) is 0.736. The second kappa shape index (κ2) is 6.12. The van der Waals surface area contributed by atoms with Crippen molar-refractivity contribution in [2.75, 3.05) is 26.8 Å². The fraction of sp³-hybridized carbons (Fsp3) is 0.667. The largest absolute Gasteiger partial charge is 0.383 e. The maximum absolute atomic E-state index is 12.5. The monoisotopic (exact) mass is 316 g/mol. The number of nitrogens with one attached hydrogen (secondary N) is 1. The average Bonchev–Trinajstić information content (AvgIpc) is 3.16. The Morgan fingerprint density at radius 3 is 2.67 bits per heavy atom. The fourth-order valence-corrected chi connectivity index (χ4v) is 3.10. The first-order valence-electron chi connectivity index (χ1n) is 6.79. The van der Waals surface area contributed by atoms with Gasteiger partial charge in [-0.15, -0.1) is 0 Å². The topological polar surface area (TPSA) is 118 Å². The van der Waals surface area contributed by atoms with Crippen LogP contribution >= 0.6 is 0 Å². The van der Waals surface area contributed by atoms with Crippen molar-refractivity contribution in [2.24, 2.45) is 5.14 Å². The Bertz CT molecular complexity index is 621. The van der Waals surface area contributed by atoms with Crippen molar-refractivity contribution in [3.8, 4) is 0 Å². The number of carbonyl (C=O) groups excluding carboxylic acids is 1. The Hall–Kier alpha value is -1.45. The number of aromatic nitrogens is 2. The molecule has 1 heterocycles. The molecule has 9 heteroatoms. The molecule has 3 N–H and O–H groups in total. The van der Waals surface area contributed by atoms with E-state index >= 15 is 0 Å². The second-order valence-electron chi connectivity index (χ2n) is 5.01. The van der Waals surface area contributed by atoms with Crippen LogP contribution in [0.2, 0.25) is 0 Å². The molecule has 8 nitrogen and oxygen atoms in total. The fourth-order valence-electron chi connectivity index (χ4n) is 2.18. The minimum atomic E-state index is -4.01. The molecule has 1 aliphatic rings. The van der Waals surface area contributed by atoms with Crippen LogP contribution in [-0.4, -0.2) is 56.2 Å². The summed E-state index contributed by atoms with van der Waals surface area (Å²) in [5.41, 5.74) is 0.320. The first kappa shape index (κ1) is 15.9. The molecule has 1 aromatic rings. The van der Waals surface area contributed by atoms with E-state index in [1.165, 1.54) is 12.0 Å². The average molecular weight is 316 g/mol. The molecular formula is C12H20N4O4S. The molecular weight excluding hydrogens is 296 g/mol. The van der Waals surface area contributed by atoms with E-state index in [1.807, 2.05) is 0 Å². The number of ether oxygens (including phenoxy) is 1. The Morgan fingerprint density at radius 1 is 1.52 bits per heavy atom. The number of rotatable bonds is 7. The molecule has 0 unspecified atom stereocenters. The number of primary sulfonamides is 1. The summed E-state index contributed by atoms with van der Waals surface area (Å²) >= 11 is 0. The number of amides is 1. The van der Waals surface area contributed by atoms with Crippen LogP contribution in [0.4, 0.5) is 0 Å². The minimum absolute atomic E-state index is 0.0985. The Labute approximate surface area is 123 Å². The van der Waals surface area contributed by atoms with Gasteiger partial charge in [-0.1, -0.05) is 0 Å². The Kier molecular flexibility index (Phi) is 4.64. The molecule has 1 aliphatic carbocycles. The number of nitrogens with two attached hydrogens (primary N) is 1. The second-order valence-corrected chi connectivity index (χ2v) is 6.51. The van der Waals surface area contributed by atoms with Gasteiger partial charge >= 0.3 is 0 Å². The number of aromatic amines is 1. The van der Waals surface area contributed by atoms with Crippen molar-refractivity contribution >= 4 is 15.9 Å². The number of H-pyrrole nitrogens is 1. The Balaban J connectivity index is 2.36. The third-order valence-electron chi connectivity index (χ3n) is 3.45. The normalized spacial score (nSPS) is 15.2. The number of nitrogens with zero attached hydrogens (tertiary/aromatic N) is 2. The van der Waals surface area contributed by atoms with Crippen molar-refractivity contribution < 1.29 is 17.9 Å². The molecule has 0 bridgehead atoms. The summed E-state index contributed by atoms with van der Waals surface area (Å²) in [5, 5.41) is 11.8. The van der Waals surface area contributed by atoms with Gasteiger partial charge in [0.15, 0.2) is 5.69 Å². The molecule has 0 aliphatic heterocycles. The van der Waals surface area contributed by atoms with Crippen LogP contribution in [-0.2, 0) is 14.8 Å². The molecule has 21 heavy (non-hydrogen) atoms. The summed E-state index contributed by atoms with van der Waals surface area (Å²) in [7, 11) is -2.47. The zero-order valence-corrected chi connectivity index (χ0v) is 12.9. The zero-order valence-electron chi connectivity index (χ0n) is 12.1. The molecule has 1 saturated carbocycles. The first-order chi connectivity index (χ1) is 9.90. The van der Waals surface area contributed by atoms with Crippen LogP contribution in [0.1, 0.15) is 41.9 Å². The molecule has 118 valence electrons. The van der Waals surface area contributed by atoms with Crippen LogP contribution in [0, 0.1) is 0 Å². The molecule has 1 amide bonds. The van der Waals surface area contributed by atoms with Crippen LogP contribution in [0.15, 0.2) is 4.90 Å².